The van der Waals surface area contributed by atoms with Crippen molar-refractivity contribution in [3.05, 3.63) is 60.7 Å². The molecule has 0 bridgehead atoms. The van der Waals surface area contributed by atoms with Crippen LogP contribution < -0.4 is 25.8 Å². The van der Waals surface area contributed by atoms with Gasteiger partial charge in [0.2, 0.25) is 0 Å². The Morgan fingerprint density at radius 3 is 1.24 bits per heavy atom. The molecule has 3 aliphatic rings. The van der Waals surface area contributed by atoms with Crippen molar-refractivity contribution in [2.75, 3.05) is 0 Å². The molecule has 0 aliphatic heterocycles. The van der Waals surface area contributed by atoms with Crippen molar-refractivity contribution >= 4 is 62.4 Å². The quantitative estimate of drug-likeness (QED) is 0.213. The fraction of sp³-hybridized carbons (Fsp3) is 0.500. The smallest absolute Gasteiger partial charge is 0.408 e. The molecule has 0 atom stereocenters. The summed E-state index contributed by atoms with van der Waals surface area (Å²) in [4.78, 5) is 57.5. The monoisotopic (exact) mass is 817 g/mol. The van der Waals surface area contributed by atoms with E-state index < -0.39 is 77.8 Å². The molecular formula is C34H48ClN5O12S2. The second-order valence-corrected chi connectivity index (χ2v) is 18.2. The molecule has 0 aromatic heterocycles. The minimum absolute atomic E-state index is 0. The fourth-order valence-electron chi connectivity index (χ4n) is 4.17. The number of alkyl carbamates (subject to hydrolysis) is 2. The Bertz CT molecular complexity index is 1900. The summed E-state index contributed by atoms with van der Waals surface area (Å²) in [5.41, 5.74) is 1.03. The summed E-state index contributed by atoms with van der Waals surface area (Å²) < 4.78 is 61.8. The van der Waals surface area contributed by atoms with Crippen molar-refractivity contribution in [1.82, 2.24) is 20.1 Å². The molecule has 20 heteroatoms. The minimum atomic E-state index is -3.97. The molecule has 3 fully saturated rings. The number of nitrogens with two attached hydrogens (primary N) is 1. The van der Waals surface area contributed by atoms with Gasteiger partial charge in [0.25, 0.3) is 31.9 Å². The van der Waals surface area contributed by atoms with Gasteiger partial charge in [-0.15, -0.1) is 12.4 Å². The lowest BCUT2D eigenvalue weighted by Crippen LogP contribution is -2.51. The van der Waals surface area contributed by atoms with Crippen LogP contribution in [0.25, 0.3) is 0 Å². The lowest BCUT2D eigenvalue weighted by molar-refractivity contribution is -0.140. The average molecular weight is 818 g/mol. The van der Waals surface area contributed by atoms with Crippen LogP contribution in [-0.2, 0) is 43.9 Å². The summed E-state index contributed by atoms with van der Waals surface area (Å²) in [6.45, 7) is 10.3. The van der Waals surface area contributed by atoms with Crippen molar-refractivity contribution in [3.63, 3.8) is 0 Å². The number of carboxylic acid groups (broad SMARTS) is 1. The number of sulfonamides is 2. The highest BCUT2D eigenvalue weighted by Gasteiger charge is 2.54. The maximum absolute atomic E-state index is 12.3. The second kappa shape index (κ2) is 16.9. The van der Waals surface area contributed by atoms with Gasteiger partial charge >= 0.3 is 18.2 Å². The zero-order valence-corrected chi connectivity index (χ0v) is 33.2. The van der Waals surface area contributed by atoms with Gasteiger partial charge in [-0.1, -0.05) is 36.4 Å². The van der Waals surface area contributed by atoms with Crippen LogP contribution in [0.4, 0.5) is 9.59 Å². The number of carbonyl (C=O) groups is 5. The summed E-state index contributed by atoms with van der Waals surface area (Å²) >= 11 is 0. The summed E-state index contributed by atoms with van der Waals surface area (Å²) in [7, 11) is -7.75. The first-order valence-electron chi connectivity index (χ1n) is 16.5. The van der Waals surface area contributed by atoms with Crippen LogP contribution >= 0.6 is 12.4 Å². The molecule has 7 N–H and O–H groups in total. The van der Waals surface area contributed by atoms with E-state index in [0.717, 1.165) is 0 Å². The third-order valence-corrected chi connectivity index (χ3v) is 10.3. The van der Waals surface area contributed by atoms with Gasteiger partial charge in [0.05, 0.1) is 15.3 Å². The highest BCUT2D eigenvalue weighted by Crippen LogP contribution is 2.37. The highest BCUT2D eigenvalue weighted by atomic mass is 35.5. The number of benzene rings is 2. The maximum atomic E-state index is 12.3. The Balaban J connectivity index is 0.000000288. The van der Waals surface area contributed by atoms with Gasteiger partial charge in [-0.25, -0.2) is 40.7 Å². The molecule has 4 amide bonds. The van der Waals surface area contributed by atoms with Gasteiger partial charge < -0.3 is 30.9 Å². The Labute approximate surface area is 321 Å². The van der Waals surface area contributed by atoms with E-state index in [1.54, 1.807) is 77.9 Å². The van der Waals surface area contributed by atoms with E-state index in [4.69, 9.17) is 20.3 Å². The van der Waals surface area contributed by atoms with Crippen LogP contribution in [0, 0.1) is 0 Å². The molecule has 17 nitrogen and oxygen atoms in total. The molecule has 3 aliphatic carbocycles. The van der Waals surface area contributed by atoms with Gasteiger partial charge in [0.15, 0.2) is 0 Å². The number of halogens is 1. The molecule has 3 saturated carbocycles. The number of ether oxygens (including phenoxy) is 2. The molecule has 0 heterocycles. The van der Waals surface area contributed by atoms with E-state index in [9.17, 15) is 40.8 Å². The first-order valence-corrected chi connectivity index (χ1v) is 19.5. The predicted molar refractivity (Wildman–Crippen MR) is 197 cm³/mol. The molecule has 0 saturated heterocycles. The molecule has 300 valence electrons. The Hall–Kier alpha value is -4.46. The number of carbonyl (C=O) groups excluding carboxylic acids is 4. The highest BCUT2D eigenvalue weighted by molar-refractivity contribution is 7.90. The number of carboxylic acids is 1. The summed E-state index contributed by atoms with van der Waals surface area (Å²) in [5.74, 6) is -2.38. The Morgan fingerprint density at radius 1 is 0.611 bits per heavy atom. The van der Waals surface area contributed by atoms with E-state index in [1.807, 2.05) is 9.44 Å². The molecule has 2 aromatic rings. The zero-order chi connectivity index (χ0) is 40.1. The standard InChI is InChI=1S/C15H20N2O5S.C10H12N2O3S.C9H15NO4.ClH/c1-14(2,3)22-13(19)16-15(9-10-15)12(18)17-23(20,21)11-7-5-4-6-8-11;11-10(6-7-10)9(13)12-16(14,15)8-4-2-1-3-5-8;1-8(2,3)14-7(13)10-9(4-5-9)6(11)12;/h4-8H,9-10H2,1-3H3,(H,16,19)(H,17,18);1-5H,6-7,11H2,(H,12,13);4-5H2,1-3H3,(H,10,13)(H,11,12);1H. The van der Waals surface area contributed by atoms with Gasteiger partial charge in [-0.05, 0) is 104 Å². The first-order chi connectivity index (χ1) is 24.2. The molecule has 0 unspecified atom stereocenters. The van der Waals surface area contributed by atoms with Crippen LogP contribution in [0.5, 0.6) is 0 Å². The van der Waals surface area contributed by atoms with Crippen LogP contribution in [-0.4, -0.2) is 79.7 Å². The molecule has 54 heavy (non-hydrogen) atoms. The normalized spacial score (nSPS) is 17.0. The van der Waals surface area contributed by atoms with Crippen LogP contribution in [0.15, 0.2) is 70.5 Å². The first kappa shape index (κ1) is 45.7. The number of amides is 4. The number of hydrogen-bond donors (Lipinski definition) is 6. The minimum Gasteiger partial charge on any atom is -0.480 e. The topological polar surface area (TPSA) is 266 Å². The van der Waals surface area contributed by atoms with Crippen LogP contribution in [0.3, 0.4) is 0 Å². The van der Waals surface area contributed by atoms with E-state index in [0.29, 0.717) is 38.5 Å². The van der Waals surface area contributed by atoms with E-state index in [1.165, 1.54) is 24.3 Å². The van der Waals surface area contributed by atoms with Crippen molar-refractivity contribution in [3.8, 4) is 0 Å². The second-order valence-electron chi connectivity index (χ2n) is 14.9. The van der Waals surface area contributed by atoms with Crippen LogP contribution in [0.1, 0.15) is 80.1 Å². The molecule has 0 spiro atoms. The fourth-order valence-corrected chi connectivity index (χ4v) is 6.32. The maximum Gasteiger partial charge on any atom is 0.408 e. The Kier molecular flexibility index (Phi) is 14.3. The number of rotatable bonds is 9. The molecule has 2 aromatic carbocycles. The lowest BCUT2D eigenvalue weighted by Gasteiger charge is -2.23. The molecule has 5 rings (SSSR count). The zero-order valence-electron chi connectivity index (χ0n) is 30.8. The SMILES string of the molecule is CC(C)(C)OC(=O)NC1(C(=O)NS(=O)(=O)c2ccccc2)CC1.CC(C)(C)OC(=O)NC1(C(=O)O)CC1.Cl.NC1(C(=O)NS(=O)(=O)c2ccccc2)CC1. The summed E-state index contributed by atoms with van der Waals surface area (Å²) in [6.07, 6.45) is 1.32. The average Bonchev–Trinajstić information content (AvgIpc) is 3.92. The van der Waals surface area contributed by atoms with E-state index in [-0.39, 0.29) is 22.2 Å². The van der Waals surface area contributed by atoms with E-state index >= 15 is 0 Å². The molecular weight excluding hydrogens is 770 g/mol. The predicted octanol–water partition coefficient (Wildman–Crippen LogP) is 3.08. The van der Waals surface area contributed by atoms with Crippen LogP contribution in [0.2, 0.25) is 0 Å². The Morgan fingerprint density at radius 2 is 0.944 bits per heavy atom. The third kappa shape index (κ3) is 13.7. The van der Waals surface area contributed by atoms with Crippen molar-refractivity contribution in [2.45, 2.75) is 118 Å². The number of nitrogens with one attached hydrogen (secondary N) is 4. The number of aliphatic carboxylic acids is 1. The van der Waals surface area contributed by atoms with Crippen molar-refractivity contribution in [1.29, 1.82) is 0 Å². The van der Waals surface area contributed by atoms with Gasteiger partial charge in [-0.2, -0.15) is 0 Å². The third-order valence-electron chi connectivity index (χ3n) is 7.63. The van der Waals surface area contributed by atoms with Crippen molar-refractivity contribution < 1.29 is 55.4 Å². The van der Waals surface area contributed by atoms with Gasteiger partial charge in [-0.3, -0.25) is 9.59 Å². The van der Waals surface area contributed by atoms with E-state index in [2.05, 4.69) is 10.6 Å². The summed E-state index contributed by atoms with van der Waals surface area (Å²) in [5, 5.41) is 13.6. The van der Waals surface area contributed by atoms with Gasteiger partial charge in [0.1, 0.15) is 22.3 Å². The summed E-state index contributed by atoms with van der Waals surface area (Å²) in [6, 6.07) is 15.3. The number of hydrogen-bond acceptors (Lipinski definition) is 12. The molecule has 0 radical (unpaired) electrons. The largest absolute Gasteiger partial charge is 0.480 e. The lowest BCUT2D eigenvalue weighted by atomic mass is 10.2. The van der Waals surface area contributed by atoms with Gasteiger partial charge in [0, 0.05) is 0 Å². The van der Waals surface area contributed by atoms with Crippen molar-refractivity contribution in [2.24, 2.45) is 5.73 Å².